The van der Waals surface area contributed by atoms with E-state index in [0.29, 0.717) is 19.0 Å². The SMILES string of the molecule is CCCCCCN(CCCCCC)c1nc(Cl)nc(NC(Cc2ccccc2)C(=O)OCC)n1. The molecule has 0 aliphatic carbocycles. The molecular formula is C26H40ClN5O2. The Morgan fingerprint density at radius 3 is 2.18 bits per heavy atom. The topological polar surface area (TPSA) is 80.2 Å². The second kappa shape index (κ2) is 16.3. The van der Waals surface area contributed by atoms with Crippen LogP contribution in [0, 0.1) is 0 Å². The fourth-order valence-electron chi connectivity index (χ4n) is 3.76. The van der Waals surface area contributed by atoms with Gasteiger partial charge in [-0.25, -0.2) is 4.79 Å². The number of carbonyl (C=O) groups excluding carboxylic acids is 1. The molecule has 0 bridgehead atoms. The van der Waals surface area contributed by atoms with Crippen LogP contribution in [0.4, 0.5) is 11.9 Å². The van der Waals surface area contributed by atoms with E-state index in [-0.39, 0.29) is 17.2 Å². The van der Waals surface area contributed by atoms with Crippen molar-refractivity contribution in [2.24, 2.45) is 0 Å². The summed E-state index contributed by atoms with van der Waals surface area (Å²) in [6.07, 6.45) is 9.78. The van der Waals surface area contributed by atoms with Crippen LogP contribution < -0.4 is 10.2 Å². The number of ether oxygens (including phenoxy) is 1. The van der Waals surface area contributed by atoms with Crippen LogP contribution in [0.1, 0.15) is 77.7 Å². The molecule has 1 heterocycles. The van der Waals surface area contributed by atoms with Gasteiger partial charge in [-0.3, -0.25) is 0 Å². The largest absolute Gasteiger partial charge is 0.464 e. The van der Waals surface area contributed by atoms with Crippen LogP contribution in [0.5, 0.6) is 0 Å². The van der Waals surface area contributed by atoms with Gasteiger partial charge in [0.25, 0.3) is 0 Å². The summed E-state index contributed by atoms with van der Waals surface area (Å²) in [5, 5.41) is 3.27. The Labute approximate surface area is 209 Å². The quantitative estimate of drug-likeness (QED) is 0.213. The van der Waals surface area contributed by atoms with Crippen molar-refractivity contribution in [2.75, 3.05) is 29.9 Å². The average Bonchev–Trinajstić information content (AvgIpc) is 2.83. The van der Waals surface area contributed by atoms with E-state index in [1.54, 1.807) is 6.92 Å². The van der Waals surface area contributed by atoms with E-state index in [1.165, 1.54) is 38.5 Å². The molecule has 188 valence electrons. The first-order valence-electron chi connectivity index (χ1n) is 12.7. The molecule has 1 aromatic heterocycles. The molecule has 2 aromatic rings. The van der Waals surface area contributed by atoms with E-state index in [4.69, 9.17) is 16.3 Å². The van der Waals surface area contributed by atoms with Gasteiger partial charge in [-0.05, 0) is 36.9 Å². The zero-order chi connectivity index (χ0) is 24.6. The normalized spacial score (nSPS) is 11.8. The number of nitrogens with zero attached hydrogens (tertiary/aromatic N) is 4. The number of hydrogen-bond acceptors (Lipinski definition) is 7. The Kier molecular flexibility index (Phi) is 13.3. The van der Waals surface area contributed by atoms with E-state index in [0.717, 1.165) is 31.5 Å². The Bertz CT molecular complexity index is 825. The second-order valence-corrected chi connectivity index (χ2v) is 8.81. The summed E-state index contributed by atoms with van der Waals surface area (Å²) < 4.78 is 5.29. The predicted octanol–water partition coefficient (Wildman–Crippen LogP) is 6.08. The number of esters is 1. The van der Waals surface area contributed by atoms with Crippen LogP contribution in [0.3, 0.4) is 0 Å². The van der Waals surface area contributed by atoms with Crippen LogP contribution in [-0.2, 0) is 16.0 Å². The molecule has 0 aliphatic heterocycles. The van der Waals surface area contributed by atoms with Crippen LogP contribution in [0.25, 0.3) is 0 Å². The summed E-state index contributed by atoms with van der Waals surface area (Å²) in [4.78, 5) is 28.2. The number of benzene rings is 1. The van der Waals surface area contributed by atoms with Crippen molar-refractivity contribution >= 4 is 29.5 Å². The molecule has 2 rings (SSSR count). The lowest BCUT2D eigenvalue weighted by Crippen LogP contribution is -2.35. The highest BCUT2D eigenvalue weighted by molar-refractivity contribution is 6.28. The van der Waals surface area contributed by atoms with Gasteiger partial charge in [0.05, 0.1) is 6.61 Å². The van der Waals surface area contributed by atoms with Gasteiger partial charge in [0.2, 0.25) is 17.2 Å². The Morgan fingerprint density at radius 2 is 1.59 bits per heavy atom. The molecule has 8 heteroatoms. The van der Waals surface area contributed by atoms with Crippen molar-refractivity contribution < 1.29 is 9.53 Å². The number of hydrogen-bond donors (Lipinski definition) is 1. The van der Waals surface area contributed by atoms with E-state index >= 15 is 0 Å². The van der Waals surface area contributed by atoms with Crippen LogP contribution in [0.2, 0.25) is 5.28 Å². The van der Waals surface area contributed by atoms with E-state index in [1.807, 2.05) is 30.3 Å². The lowest BCUT2D eigenvalue weighted by molar-refractivity contribution is -0.144. The summed E-state index contributed by atoms with van der Waals surface area (Å²) in [7, 11) is 0. The lowest BCUT2D eigenvalue weighted by Gasteiger charge is -2.24. The van der Waals surface area contributed by atoms with Crippen molar-refractivity contribution in [3.8, 4) is 0 Å². The van der Waals surface area contributed by atoms with Crippen molar-refractivity contribution in [2.45, 2.75) is 84.6 Å². The molecule has 1 atom stereocenters. The highest BCUT2D eigenvalue weighted by Crippen LogP contribution is 2.18. The maximum absolute atomic E-state index is 12.7. The third kappa shape index (κ3) is 10.2. The minimum Gasteiger partial charge on any atom is -0.464 e. The molecule has 1 aromatic carbocycles. The molecular weight excluding hydrogens is 450 g/mol. The molecule has 1 N–H and O–H groups in total. The number of rotatable bonds is 17. The van der Waals surface area contributed by atoms with Gasteiger partial charge in [-0.2, -0.15) is 15.0 Å². The lowest BCUT2D eigenvalue weighted by atomic mass is 10.1. The van der Waals surface area contributed by atoms with E-state index in [9.17, 15) is 4.79 Å². The smallest absolute Gasteiger partial charge is 0.328 e. The first-order valence-corrected chi connectivity index (χ1v) is 13.1. The van der Waals surface area contributed by atoms with Gasteiger partial charge in [-0.15, -0.1) is 0 Å². The van der Waals surface area contributed by atoms with Gasteiger partial charge < -0.3 is 15.0 Å². The van der Waals surface area contributed by atoms with Crippen LogP contribution in [0.15, 0.2) is 30.3 Å². The third-order valence-corrected chi connectivity index (χ3v) is 5.77. The molecule has 0 saturated heterocycles. The zero-order valence-corrected chi connectivity index (χ0v) is 21.7. The first-order chi connectivity index (χ1) is 16.6. The van der Waals surface area contributed by atoms with E-state index in [2.05, 4.69) is 39.0 Å². The van der Waals surface area contributed by atoms with Gasteiger partial charge in [0.15, 0.2) is 0 Å². The molecule has 0 aliphatic rings. The van der Waals surface area contributed by atoms with Gasteiger partial charge in [0.1, 0.15) is 6.04 Å². The Morgan fingerprint density at radius 1 is 0.941 bits per heavy atom. The van der Waals surface area contributed by atoms with Crippen molar-refractivity contribution in [3.63, 3.8) is 0 Å². The van der Waals surface area contributed by atoms with Crippen LogP contribution in [-0.4, -0.2) is 46.7 Å². The number of carbonyl (C=O) groups is 1. The van der Waals surface area contributed by atoms with Crippen molar-refractivity contribution in [1.29, 1.82) is 0 Å². The number of nitrogens with one attached hydrogen (secondary N) is 1. The van der Waals surface area contributed by atoms with Gasteiger partial charge in [-0.1, -0.05) is 82.7 Å². The standard InChI is InChI=1S/C26H40ClN5O2/c1-4-7-9-14-18-32(19-15-10-8-5-2)26-30-24(27)29-25(31-26)28-22(23(33)34-6-3)20-21-16-12-11-13-17-21/h11-13,16-17,22H,4-10,14-15,18-20H2,1-3H3,(H,28,29,30,31). The molecule has 0 spiro atoms. The summed E-state index contributed by atoms with van der Waals surface area (Å²) in [6.45, 7) is 8.26. The highest BCUT2D eigenvalue weighted by atomic mass is 35.5. The maximum atomic E-state index is 12.7. The van der Waals surface area contributed by atoms with Gasteiger partial charge >= 0.3 is 5.97 Å². The summed E-state index contributed by atoms with van der Waals surface area (Å²) >= 11 is 6.30. The van der Waals surface area contributed by atoms with Crippen molar-refractivity contribution in [1.82, 2.24) is 15.0 Å². The fraction of sp³-hybridized carbons (Fsp3) is 0.615. The number of aromatic nitrogens is 3. The average molecular weight is 490 g/mol. The van der Waals surface area contributed by atoms with Crippen LogP contribution >= 0.6 is 11.6 Å². The number of halogens is 1. The van der Waals surface area contributed by atoms with Gasteiger partial charge in [0, 0.05) is 19.5 Å². The molecule has 0 radical (unpaired) electrons. The predicted molar refractivity (Wildman–Crippen MR) is 140 cm³/mol. The first kappa shape index (κ1) is 27.8. The minimum atomic E-state index is -0.628. The van der Waals surface area contributed by atoms with Crippen molar-refractivity contribution in [3.05, 3.63) is 41.2 Å². The molecule has 7 nitrogen and oxygen atoms in total. The number of anilines is 2. The molecule has 1 unspecified atom stereocenters. The Hall–Kier alpha value is -2.41. The molecule has 34 heavy (non-hydrogen) atoms. The zero-order valence-electron chi connectivity index (χ0n) is 20.9. The minimum absolute atomic E-state index is 0.113. The fourth-order valence-corrected chi connectivity index (χ4v) is 3.91. The third-order valence-electron chi connectivity index (χ3n) is 5.60. The summed E-state index contributed by atoms with van der Waals surface area (Å²) in [6, 6.07) is 9.18. The summed E-state index contributed by atoms with van der Waals surface area (Å²) in [5.41, 5.74) is 1.02. The molecule has 0 saturated carbocycles. The van der Waals surface area contributed by atoms with E-state index < -0.39 is 6.04 Å². The summed E-state index contributed by atoms with van der Waals surface area (Å²) in [5.74, 6) is 0.495. The second-order valence-electron chi connectivity index (χ2n) is 8.48. The maximum Gasteiger partial charge on any atom is 0.328 e. The molecule has 0 amide bonds. The number of unbranched alkanes of at least 4 members (excludes halogenated alkanes) is 6. The molecule has 0 fully saturated rings. The highest BCUT2D eigenvalue weighted by Gasteiger charge is 2.23. The Balaban J connectivity index is 2.19. The monoisotopic (exact) mass is 489 g/mol.